The van der Waals surface area contributed by atoms with E-state index in [2.05, 4.69) is 24.8 Å². The van der Waals surface area contributed by atoms with Gasteiger partial charge in [0.1, 0.15) is 0 Å². The molecule has 1 rings (SSSR count). The van der Waals surface area contributed by atoms with Gasteiger partial charge in [0.25, 0.3) is 0 Å². The molecule has 4 heteroatoms. The first-order valence-electron chi connectivity index (χ1n) is 7.87. The van der Waals surface area contributed by atoms with Crippen LogP contribution >= 0.6 is 0 Å². The average Bonchev–Trinajstić information content (AvgIpc) is 2.45. The number of carbonyl (C=O) groups excluding carboxylic acids is 1. The molecule has 0 aliphatic heterocycles. The van der Waals surface area contributed by atoms with Crippen molar-refractivity contribution in [3.63, 3.8) is 0 Å². The molecule has 0 radical (unpaired) electrons. The number of nitrogens with zero attached hydrogens (tertiary/aromatic N) is 3. The molecule has 0 spiro atoms. The molecule has 3 unspecified atom stereocenters. The van der Waals surface area contributed by atoms with Gasteiger partial charge in [-0.15, -0.1) is 0 Å². The van der Waals surface area contributed by atoms with Gasteiger partial charge >= 0.3 is 0 Å². The Hall–Kier alpha value is -1.08. The topological polar surface area (TPSA) is 47.3 Å². The Morgan fingerprint density at radius 1 is 1.30 bits per heavy atom. The third-order valence-electron chi connectivity index (χ3n) is 4.49. The Morgan fingerprint density at radius 2 is 2.00 bits per heavy atom. The van der Waals surface area contributed by atoms with Crippen LogP contribution in [0.15, 0.2) is 0 Å². The first-order valence-corrected chi connectivity index (χ1v) is 7.87. The van der Waals surface area contributed by atoms with Crippen LogP contribution in [0.2, 0.25) is 0 Å². The van der Waals surface area contributed by atoms with Gasteiger partial charge in [-0.25, -0.2) is 0 Å². The van der Waals surface area contributed by atoms with Crippen molar-refractivity contribution in [1.29, 1.82) is 5.26 Å². The van der Waals surface area contributed by atoms with E-state index in [0.717, 1.165) is 32.2 Å². The average molecular weight is 279 g/mol. The maximum atomic E-state index is 12.0. The lowest BCUT2D eigenvalue weighted by Crippen LogP contribution is -2.48. The van der Waals surface area contributed by atoms with E-state index in [-0.39, 0.29) is 17.9 Å². The summed E-state index contributed by atoms with van der Waals surface area (Å²) in [5.74, 6) is 0.923. The third kappa shape index (κ3) is 4.49. The molecule has 0 bridgehead atoms. The summed E-state index contributed by atoms with van der Waals surface area (Å²) in [5.41, 5.74) is 0. The van der Waals surface area contributed by atoms with E-state index in [9.17, 15) is 10.1 Å². The van der Waals surface area contributed by atoms with E-state index in [4.69, 9.17) is 0 Å². The van der Waals surface area contributed by atoms with E-state index in [1.807, 2.05) is 0 Å². The highest BCUT2D eigenvalue weighted by Crippen LogP contribution is 2.33. The molecule has 0 aromatic carbocycles. The number of hydrogen-bond acceptors (Lipinski definition) is 3. The van der Waals surface area contributed by atoms with Crippen molar-refractivity contribution in [2.45, 2.75) is 52.0 Å². The van der Waals surface area contributed by atoms with Gasteiger partial charge in [-0.1, -0.05) is 20.3 Å². The SMILES string of the molecule is CCCN(CC(=O)N(C)C)C1CC(CC)CCC1C#N. The predicted octanol–water partition coefficient (Wildman–Crippen LogP) is 2.51. The monoisotopic (exact) mass is 279 g/mol. The van der Waals surface area contributed by atoms with Crippen molar-refractivity contribution in [2.24, 2.45) is 11.8 Å². The standard InChI is InChI=1S/C16H29N3O/c1-5-9-19(12-16(20)18(3)4)15-10-13(6-2)7-8-14(15)11-17/h13-15H,5-10,12H2,1-4H3. The Morgan fingerprint density at radius 3 is 2.50 bits per heavy atom. The minimum absolute atomic E-state index is 0.0827. The molecule has 1 fully saturated rings. The third-order valence-corrected chi connectivity index (χ3v) is 4.49. The molecule has 0 heterocycles. The summed E-state index contributed by atoms with van der Waals surface area (Å²) in [6.07, 6.45) is 5.40. The number of amides is 1. The quantitative estimate of drug-likeness (QED) is 0.750. The summed E-state index contributed by atoms with van der Waals surface area (Å²) >= 11 is 0. The molecule has 1 aliphatic rings. The van der Waals surface area contributed by atoms with Crippen molar-refractivity contribution in [3.8, 4) is 6.07 Å². The first-order chi connectivity index (χ1) is 9.53. The van der Waals surface area contributed by atoms with Gasteiger partial charge in [0.05, 0.1) is 18.5 Å². The highest BCUT2D eigenvalue weighted by Gasteiger charge is 2.34. The fourth-order valence-corrected chi connectivity index (χ4v) is 3.12. The van der Waals surface area contributed by atoms with Crippen LogP contribution < -0.4 is 0 Å². The van der Waals surface area contributed by atoms with Crippen molar-refractivity contribution in [2.75, 3.05) is 27.2 Å². The number of nitriles is 1. The highest BCUT2D eigenvalue weighted by atomic mass is 16.2. The van der Waals surface area contributed by atoms with Gasteiger partial charge in [-0.05, 0) is 38.1 Å². The smallest absolute Gasteiger partial charge is 0.236 e. The Bertz CT molecular complexity index is 348. The summed E-state index contributed by atoms with van der Waals surface area (Å²) in [6, 6.07) is 2.73. The zero-order chi connectivity index (χ0) is 15.1. The van der Waals surface area contributed by atoms with Crippen LogP contribution in [0.5, 0.6) is 0 Å². The Kier molecular flexibility index (Phi) is 7.01. The molecular formula is C16H29N3O. The number of rotatable bonds is 6. The molecule has 0 aromatic rings. The fraction of sp³-hybridized carbons (Fsp3) is 0.875. The number of likely N-dealkylation sites (N-methyl/N-ethyl adjacent to an activating group) is 1. The maximum Gasteiger partial charge on any atom is 0.236 e. The summed E-state index contributed by atoms with van der Waals surface area (Å²) in [6.45, 7) is 5.71. The summed E-state index contributed by atoms with van der Waals surface area (Å²) in [4.78, 5) is 15.9. The molecule has 4 nitrogen and oxygen atoms in total. The lowest BCUT2D eigenvalue weighted by atomic mass is 9.77. The van der Waals surface area contributed by atoms with Gasteiger partial charge in [0.2, 0.25) is 5.91 Å². The van der Waals surface area contributed by atoms with E-state index in [1.54, 1.807) is 19.0 Å². The van der Waals surface area contributed by atoms with Crippen LogP contribution in [0.3, 0.4) is 0 Å². The number of carbonyl (C=O) groups is 1. The van der Waals surface area contributed by atoms with Gasteiger partial charge in [-0.2, -0.15) is 5.26 Å². The Balaban J connectivity index is 2.80. The van der Waals surface area contributed by atoms with Crippen LogP contribution in [0, 0.1) is 23.2 Å². The maximum absolute atomic E-state index is 12.0. The van der Waals surface area contributed by atoms with Crippen molar-refractivity contribution in [1.82, 2.24) is 9.80 Å². The second-order valence-electron chi connectivity index (χ2n) is 6.15. The predicted molar refractivity (Wildman–Crippen MR) is 81.1 cm³/mol. The highest BCUT2D eigenvalue weighted by molar-refractivity contribution is 5.77. The molecule has 0 aromatic heterocycles. The molecule has 20 heavy (non-hydrogen) atoms. The van der Waals surface area contributed by atoms with Crippen LogP contribution in [-0.2, 0) is 4.79 Å². The van der Waals surface area contributed by atoms with Crippen molar-refractivity contribution >= 4 is 5.91 Å². The van der Waals surface area contributed by atoms with Crippen molar-refractivity contribution in [3.05, 3.63) is 0 Å². The van der Waals surface area contributed by atoms with Crippen LogP contribution in [-0.4, -0.2) is 48.9 Å². The van der Waals surface area contributed by atoms with Gasteiger partial charge in [0, 0.05) is 20.1 Å². The fourth-order valence-electron chi connectivity index (χ4n) is 3.12. The normalized spacial score (nSPS) is 26.3. The molecule has 0 saturated heterocycles. The molecule has 3 atom stereocenters. The lowest BCUT2D eigenvalue weighted by Gasteiger charge is -2.40. The molecule has 1 saturated carbocycles. The Labute approximate surface area is 123 Å². The van der Waals surface area contributed by atoms with E-state index in [0.29, 0.717) is 12.5 Å². The van der Waals surface area contributed by atoms with Crippen LogP contribution in [0.1, 0.15) is 46.0 Å². The molecular weight excluding hydrogens is 250 g/mol. The minimum Gasteiger partial charge on any atom is -0.348 e. The molecule has 1 aliphatic carbocycles. The van der Waals surface area contributed by atoms with Gasteiger partial charge in [0.15, 0.2) is 0 Å². The second kappa shape index (κ2) is 8.26. The van der Waals surface area contributed by atoms with Crippen LogP contribution in [0.25, 0.3) is 0 Å². The minimum atomic E-state index is 0.0827. The zero-order valence-electron chi connectivity index (χ0n) is 13.4. The van der Waals surface area contributed by atoms with Gasteiger partial charge < -0.3 is 4.90 Å². The van der Waals surface area contributed by atoms with E-state index < -0.39 is 0 Å². The molecule has 0 N–H and O–H groups in total. The summed E-state index contributed by atoms with van der Waals surface area (Å²) in [5, 5.41) is 9.41. The second-order valence-corrected chi connectivity index (χ2v) is 6.15. The lowest BCUT2D eigenvalue weighted by molar-refractivity contribution is -0.131. The number of hydrogen-bond donors (Lipinski definition) is 0. The largest absolute Gasteiger partial charge is 0.348 e. The van der Waals surface area contributed by atoms with Crippen molar-refractivity contribution < 1.29 is 4.79 Å². The molecule has 114 valence electrons. The van der Waals surface area contributed by atoms with E-state index >= 15 is 0 Å². The summed E-state index contributed by atoms with van der Waals surface area (Å²) in [7, 11) is 3.59. The van der Waals surface area contributed by atoms with E-state index in [1.165, 1.54) is 6.42 Å². The van der Waals surface area contributed by atoms with Crippen LogP contribution in [0.4, 0.5) is 0 Å². The first kappa shape index (κ1) is 17.0. The summed E-state index contributed by atoms with van der Waals surface area (Å²) < 4.78 is 0. The zero-order valence-corrected chi connectivity index (χ0v) is 13.4. The van der Waals surface area contributed by atoms with Gasteiger partial charge in [-0.3, -0.25) is 9.69 Å². The molecule has 1 amide bonds.